The molecule has 0 amide bonds. The molecule has 2 nitrogen and oxygen atoms in total. The normalized spacial score (nSPS) is 45.6. The first-order chi connectivity index (χ1) is 13.7. The van der Waals surface area contributed by atoms with Crippen molar-refractivity contribution in [2.75, 3.05) is 0 Å². The Hall–Kier alpha value is -0.0800. The molecule has 2 heteroatoms. The molecule has 0 saturated heterocycles. The van der Waals surface area contributed by atoms with Crippen LogP contribution in [0.15, 0.2) is 0 Å². The van der Waals surface area contributed by atoms with Crippen LogP contribution in [0.25, 0.3) is 0 Å². The summed E-state index contributed by atoms with van der Waals surface area (Å²) in [5, 5.41) is 8.52. The summed E-state index contributed by atoms with van der Waals surface area (Å²) in [5.41, 5.74) is 0. The fourth-order valence-corrected chi connectivity index (χ4v) is 7.44. The van der Waals surface area contributed by atoms with Gasteiger partial charge in [0.25, 0.3) is 0 Å². The quantitative estimate of drug-likeness (QED) is 0.566. The van der Waals surface area contributed by atoms with Gasteiger partial charge >= 0.3 is 0 Å². The summed E-state index contributed by atoms with van der Waals surface area (Å²) in [5.74, 6) is 3.64. The first-order valence-corrected chi connectivity index (χ1v) is 13.2. The van der Waals surface area contributed by atoms with E-state index < -0.39 is 0 Å². The zero-order chi connectivity index (χ0) is 19.3. The minimum absolute atomic E-state index is 0.799. The highest BCUT2D eigenvalue weighted by atomic mass is 15.0. The van der Waals surface area contributed by atoms with Crippen LogP contribution in [0, 0.1) is 23.7 Å². The molecule has 0 bridgehead atoms. The molecule has 4 aliphatic rings. The predicted molar refractivity (Wildman–Crippen MR) is 121 cm³/mol. The van der Waals surface area contributed by atoms with Crippen LogP contribution in [0.3, 0.4) is 0 Å². The number of nitrogens with one attached hydrogen (secondary N) is 2. The van der Waals surface area contributed by atoms with Crippen LogP contribution in [0.1, 0.15) is 117 Å². The van der Waals surface area contributed by atoms with Crippen LogP contribution < -0.4 is 10.6 Å². The minimum atomic E-state index is 0.799. The highest BCUT2D eigenvalue weighted by Gasteiger charge is 2.39. The molecule has 4 rings (SSSR count). The van der Waals surface area contributed by atoms with Crippen LogP contribution in [0.5, 0.6) is 0 Å². The van der Waals surface area contributed by atoms with Crippen LogP contribution >= 0.6 is 0 Å². The second-order valence-corrected chi connectivity index (χ2v) is 11.2. The summed E-state index contributed by atoms with van der Waals surface area (Å²) in [4.78, 5) is 0. The van der Waals surface area contributed by atoms with Crippen molar-refractivity contribution in [3.63, 3.8) is 0 Å². The molecule has 4 fully saturated rings. The van der Waals surface area contributed by atoms with Crippen molar-refractivity contribution < 1.29 is 0 Å². The minimum Gasteiger partial charge on any atom is -0.311 e. The average molecular weight is 389 g/mol. The van der Waals surface area contributed by atoms with Gasteiger partial charge in [0.2, 0.25) is 0 Å². The van der Waals surface area contributed by atoms with Gasteiger partial charge in [-0.15, -0.1) is 0 Å². The van der Waals surface area contributed by atoms with Crippen molar-refractivity contribution in [1.29, 1.82) is 0 Å². The van der Waals surface area contributed by atoms with Crippen LogP contribution in [-0.2, 0) is 0 Å². The number of hydrogen-bond acceptors (Lipinski definition) is 2. The van der Waals surface area contributed by atoms with E-state index in [1.807, 2.05) is 0 Å². The molecule has 0 aliphatic heterocycles. The molecule has 0 aromatic heterocycles. The van der Waals surface area contributed by atoms with Gasteiger partial charge in [0.1, 0.15) is 0 Å². The lowest BCUT2D eigenvalue weighted by molar-refractivity contribution is 0.0880. The van der Waals surface area contributed by atoms with Gasteiger partial charge in [-0.1, -0.05) is 65.2 Å². The van der Waals surface area contributed by atoms with E-state index in [2.05, 4.69) is 24.5 Å². The van der Waals surface area contributed by atoms with Gasteiger partial charge in [-0.05, 0) is 75.0 Å². The SMILES string of the molecule is CC1CCCCC1NC1CCCCC1C1CCCCC1NC1CCCCC1C. The van der Waals surface area contributed by atoms with Crippen molar-refractivity contribution in [2.45, 2.75) is 141 Å². The molecule has 28 heavy (non-hydrogen) atoms. The van der Waals surface area contributed by atoms with E-state index in [4.69, 9.17) is 0 Å². The Morgan fingerprint density at radius 2 is 0.714 bits per heavy atom. The van der Waals surface area contributed by atoms with Crippen LogP contribution in [0.4, 0.5) is 0 Å². The first-order valence-electron chi connectivity index (χ1n) is 13.2. The second-order valence-electron chi connectivity index (χ2n) is 11.2. The lowest BCUT2D eigenvalue weighted by atomic mass is 9.68. The predicted octanol–water partition coefficient (Wildman–Crippen LogP) is 6.44. The molecule has 0 aromatic carbocycles. The van der Waals surface area contributed by atoms with Crippen molar-refractivity contribution >= 4 is 0 Å². The van der Waals surface area contributed by atoms with Gasteiger partial charge in [-0.3, -0.25) is 0 Å². The fraction of sp³-hybridized carbons (Fsp3) is 1.00. The summed E-state index contributed by atoms with van der Waals surface area (Å²) >= 11 is 0. The Bertz CT molecular complexity index is 421. The van der Waals surface area contributed by atoms with E-state index in [1.165, 1.54) is 103 Å². The lowest BCUT2D eigenvalue weighted by Crippen LogP contribution is -2.55. The molecule has 4 saturated carbocycles. The molecule has 0 aromatic rings. The highest BCUT2D eigenvalue weighted by molar-refractivity contribution is 4.96. The maximum Gasteiger partial charge on any atom is 0.0101 e. The molecule has 0 heterocycles. The molecular formula is C26H48N2. The summed E-state index contributed by atoms with van der Waals surface area (Å²) in [6.07, 6.45) is 23.3. The summed E-state index contributed by atoms with van der Waals surface area (Å²) < 4.78 is 0. The van der Waals surface area contributed by atoms with Gasteiger partial charge in [-0.2, -0.15) is 0 Å². The number of rotatable bonds is 5. The summed E-state index contributed by atoms with van der Waals surface area (Å²) in [6.45, 7) is 5.01. The topological polar surface area (TPSA) is 24.1 Å². The maximum atomic E-state index is 4.26. The Labute approximate surface area is 175 Å². The fourth-order valence-electron chi connectivity index (χ4n) is 7.44. The number of hydrogen-bond donors (Lipinski definition) is 2. The Morgan fingerprint density at radius 3 is 1.11 bits per heavy atom. The van der Waals surface area contributed by atoms with Gasteiger partial charge in [0.05, 0.1) is 0 Å². The largest absolute Gasteiger partial charge is 0.311 e. The zero-order valence-electron chi connectivity index (χ0n) is 18.9. The molecule has 8 atom stereocenters. The van der Waals surface area contributed by atoms with E-state index in [9.17, 15) is 0 Å². The Balaban J connectivity index is 1.41. The maximum absolute atomic E-state index is 4.26. The van der Waals surface area contributed by atoms with Crippen molar-refractivity contribution in [3.05, 3.63) is 0 Å². The van der Waals surface area contributed by atoms with Crippen molar-refractivity contribution in [3.8, 4) is 0 Å². The van der Waals surface area contributed by atoms with E-state index >= 15 is 0 Å². The van der Waals surface area contributed by atoms with Crippen LogP contribution in [-0.4, -0.2) is 24.2 Å². The zero-order valence-corrected chi connectivity index (χ0v) is 18.9. The van der Waals surface area contributed by atoms with Gasteiger partial charge in [0, 0.05) is 24.2 Å². The van der Waals surface area contributed by atoms with Gasteiger partial charge < -0.3 is 10.6 Å². The third kappa shape index (κ3) is 5.15. The molecule has 8 unspecified atom stereocenters. The molecular weight excluding hydrogens is 340 g/mol. The smallest absolute Gasteiger partial charge is 0.0101 e. The van der Waals surface area contributed by atoms with E-state index in [0.717, 1.165) is 47.8 Å². The van der Waals surface area contributed by atoms with Gasteiger partial charge in [0.15, 0.2) is 0 Å². The van der Waals surface area contributed by atoms with Crippen LogP contribution in [0.2, 0.25) is 0 Å². The highest BCUT2D eigenvalue weighted by Crippen LogP contribution is 2.40. The molecule has 0 spiro atoms. The third-order valence-electron chi connectivity index (χ3n) is 9.27. The van der Waals surface area contributed by atoms with Crippen molar-refractivity contribution in [1.82, 2.24) is 10.6 Å². The summed E-state index contributed by atoms with van der Waals surface area (Å²) in [7, 11) is 0. The second kappa shape index (κ2) is 10.3. The molecule has 4 aliphatic carbocycles. The van der Waals surface area contributed by atoms with E-state index in [-0.39, 0.29) is 0 Å². The molecule has 0 radical (unpaired) electrons. The monoisotopic (exact) mass is 388 g/mol. The standard InChI is InChI=1S/C26H48N2/c1-19-11-3-7-15-23(19)27-25-17-9-5-13-21(25)22-14-6-10-18-26(22)28-24-16-8-4-12-20(24)2/h19-28H,3-18H2,1-2H3. The van der Waals surface area contributed by atoms with Crippen molar-refractivity contribution in [2.24, 2.45) is 23.7 Å². The third-order valence-corrected chi connectivity index (χ3v) is 9.27. The first kappa shape index (κ1) is 21.2. The average Bonchev–Trinajstić information content (AvgIpc) is 2.72. The Morgan fingerprint density at radius 1 is 0.393 bits per heavy atom. The van der Waals surface area contributed by atoms with Gasteiger partial charge in [-0.25, -0.2) is 0 Å². The molecule has 162 valence electrons. The summed E-state index contributed by atoms with van der Waals surface area (Å²) in [6, 6.07) is 3.20. The Kier molecular flexibility index (Phi) is 7.78. The van der Waals surface area contributed by atoms with E-state index in [0.29, 0.717) is 0 Å². The lowest BCUT2D eigenvalue weighted by Gasteiger charge is -2.47. The van der Waals surface area contributed by atoms with E-state index in [1.54, 1.807) is 0 Å². The molecule has 2 N–H and O–H groups in total.